The maximum Gasteiger partial charge on any atom is 0.0773 e. The van der Waals surface area contributed by atoms with Crippen LogP contribution in [-0.4, -0.2) is 9.59 Å². The zero-order chi connectivity index (χ0) is 10.7. The Morgan fingerprint density at radius 1 is 1.60 bits per heavy atom. The summed E-state index contributed by atoms with van der Waals surface area (Å²) in [5.41, 5.74) is 5.06. The number of hydrogen-bond donors (Lipinski definition) is 2. The van der Waals surface area contributed by atoms with Gasteiger partial charge in [-0.3, -0.25) is 11.3 Å². The summed E-state index contributed by atoms with van der Waals surface area (Å²) in [6.45, 7) is 1.96. The van der Waals surface area contributed by atoms with Crippen molar-refractivity contribution in [1.82, 2.24) is 15.0 Å². The van der Waals surface area contributed by atoms with E-state index in [1.54, 1.807) is 11.3 Å². The van der Waals surface area contributed by atoms with E-state index in [1.807, 2.05) is 6.92 Å². The molecule has 0 aliphatic rings. The fourth-order valence-corrected chi connectivity index (χ4v) is 2.81. The van der Waals surface area contributed by atoms with Crippen LogP contribution in [0.4, 0.5) is 0 Å². The van der Waals surface area contributed by atoms with Crippen LogP contribution in [0.15, 0.2) is 16.8 Å². The summed E-state index contributed by atoms with van der Waals surface area (Å²) >= 11 is 3.10. The molecular weight excluding hydrogens is 228 g/mol. The van der Waals surface area contributed by atoms with Gasteiger partial charge in [-0.05, 0) is 47.3 Å². The van der Waals surface area contributed by atoms with E-state index in [1.165, 1.54) is 17.1 Å². The lowest BCUT2D eigenvalue weighted by Crippen LogP contribution is -2.29. The van der Waals surface area contributed by atoms with Crippen LogP contribution in [0.1, 0.15) is 22.2 Å². The van der Waals surface area contributed by atoms with E-state index < -0.39 is 0 Å². The predicted octanol–water partition coefficient (Wildman–Crippen LogP) is 1.66. The third-order valence-corrected chi connectivity index (χ3v) is 3.90. The minimum atomic E-state index is 0.111. The summed E-state index contributed by atoms with van der Waals surface area (Å²) in [7, 11) is 0. The lowest BCUT2D eigenvalue weighted by Gasteiger charge is -2.12. The summed E-state index contributed by atoms with van der Waals surface area (Å²) in [5.74, 6) is 5.55. The van der Waals surface area contributed by atoms with E-state index in [9.17, 15) is 0 Å². The Kier molecular flexibility index (Phi) is 3.42. The highest BCUT2D eigenvalue weighted by atomic mass is 32.1. The molecule has 2 heterocycles. The highest BCUT2D eigenvalue weighted by Gasteiger charge is 2.16. The Morgan fingerprint density at radius 3 is 3.00 bits per heavy atom. The van der Waals surface area contributed by atoms with Crippen molar-refractivity contribution in [2.75, 3.05) is 0 Å². The fourth-order valence-electron chi connectivity index (χ4n) is 1.43. The zero-order valence-corrected chi connectivity index (χ0v) is 9.94. The van der Waals surface area contributed by atoms with Gasteiger partial charge in [0, 0.05) is 0 Å². The second-order valence-electron chi connectivity index (χ2n) is 3.28. The SMILES string of the molecule is Cc1nnsc1C(Cc1ccsc1)NN. The van der Waals surface area contributed by atoms with Crippen molar-refractivity contribution in [3.05, 3.63) is 33.0 Å². The molecule has 6 heteroatoms. The van der Waals surface area contributed by atoms with Crippen LogP contribution >= 0.6 is 22.9 Å². The standard InChI is InChI=1S/C9H12N4S2/c1-6-9(15-13-12-6)8(11-10)4-7-2-3-14-5-7/h2-3,5,8,11H,4,10H2,1H3. The first kappa shape index (κ1) is 10.7. The minimum absolute atomic E-state index is 0.111. The number of nitrogens with one attached hydrogen (secondary N) is 1. The molecule has 2 rings (SSSR count). The van der Waals surface area contributed by atoms with Crippen LogP contribution in [0.25, 0.3) is 0 Å². The van der Waals surface area contributed by atoms with Gasteiger partial charge in [-0.15, -0.1) is 5.10 Å². The summed E-state index contributed by atoms with van der Waals surface area (Å²) in [6, 6.07) is 2.22. The van der Waals surface area contributed by atoms with E-state index in [0.29, 0.717) is 0 Å². The van der Waals surface area contributed by atoms with Gasteiger partial charge in [0.25, 0.3) is 0 Å². The lowest BCUT2D eigenvalue weighted by atomic mass is 10.1. The first-order valence-electron chi connectivity index (χ1n) is 4.57. The molecule has 0 radical (unpaired) electrons. The van der Waals surface area contributed by atoms with Gasteiger partial charge in [-0.2, -0.15) is 11.3 Å². The first-order chi connectivity index (χ1) is 7.31. The Bertz CT molecular complexity index is 409. The number of thiophene rings is 1. The molecule has 4 nitrogen and oxygen atoms in total. The quantitative estimate of drug-likeness (QED) is 0.630. The van der Waals surface area contributed by atoms with Crippen molar-refractivity contribution in [2.45, 2.75) is 19.4 Å². The van der Waals surface area contributed by atoms with Crippen LogP contribution in [0.2, 0.25) is 0 Å². The second kappa shape index (κ2) is 4.80. The normalized spacial score (nSPS) is 12.9. The maximum absolute atomic E-state index is 5.55. The molecule has 80 valence electrons. The van der Waals surface area contributed by atoms with Crippen molar-refractivity contribution in [3.63, 3.8) is 0 Å². The third kappa shape index (κ3) is 2.40. The van der Waals surface area contributed by atoms with Crippen molar-refractivity contribution in [2.24, 2.45) is 5.84 Å². The van der Waals surface area contributed by atoms with Crippen LogP contribution in [0, 0.1) is 6.92 Å². The van der Waals surface area contributed by atoms with Crippen LogP contribution < -0.4 is 11.3 Å². The topological polar surface area (TPSA) is 63.8 Å². The summed E-state index contributed by atoms with van der Waals surface area (Å²) in [5, 5.41) is 8.19. The van der Waals surface area contributed by atoms with Gasteiger partial charge in [0.15, 0.2) is 0 Å². The van der Waals surface area contributed by atoms with Gasteiger partial charge in [-0.25, -0.2) is 0 Å². The van der Waals surface area contributed by atoms with Crippen molar-refractivity contribution in [3.8, 4) is 0 Å². The van der Waals surface area contributed by atoms with E-state index in [0.717, 1.165) is 17.0 Å². The first-order valence-corrected chi connectivity index (χ1v) is 6.29. The molecule has 2 aromatic heterocycles. The molecule has 0 amide bonds. The fraction of sp³-hybridized carbons (Fsp3) is 0.333. The number of aromatic nitrogens is 2. The smallest absolute Gasteiger partial charge is 0.0773 e. The molecule has 0 aliphatic heterocycles. The molecule has 0 bridgehead atoms. The second-order valence-corrected chi connectivity index (χ2v) is 4.84. The molecule has 0 aromatic carbocycles. The average Bonchev–Trinajstić information content (AvgIpc) is 2.85. The molecule has 2 aromatic rings. The summed E-state index contributed by atoms with van der Waals surface area (Å²) in [4.78, 5) is 1.11. The lowest BCUT2D eigenvalue weighted by molar-refractivity contribution is 0.557. The Morgan fingerprint density at radius 2 is 2.47 bits per heavy atom. The minimum Gasteiger partial charge on any atom is -0.271 e. The van der Waals surface area contributed by atoms with Gasteiger partial charge in [-0.1, -0.05) is 4.49 Å². The predicted molar refractivity (Wildman–Crippen MR) is 62.7 cm³/mol. The average molecular weight is 240 g/mol. The third-order valence-electron chi connectivity index (χ3n) is 2.22. The van der Waals surface area contributed by atoms with Crippen molar-refractivity contribution in [1.29, 1.82) is 0 Å². The van der Waals surface area contributed by atoms with Crippen molar-refractivity contribution < 1.29 is 0 Å². The molecular formula is C9H12N4S2. The number of nitrogens with zero attached hydrogens (tertiary/aromatic N) is 2. The summed E-state index contributed by atoms with van der Waals surface area (Å²) < 4.78 is 3.92. The number of aryl methyl sites for hydroxylation is 1. The maximum atomic E-state index is 5.55. The Labute approximate surface area is 96.3 Å². The van der Waals surface area contributed by atoms with Gasteiger partial charge in [0.1, 0.15) is 0 Å². The molecule has 1 atom stereocenters. The molecule has 0 fully saturated rings. The monoisotopic (exact) mass is 240 g/mol. The van der Waals surface area contributed by atoms with Crippen molar-refractivity contribution >= 4 is 22.9 Å². The molecule has 0 saturated carbocycles. The van der Waals surface area contributed by atoms with Gasteiger partial charge in [0.2, 0.25) is 0 Å². The van der Waals surface area contributed by atoms with Crippen LogP contribution in [-0.2, 0) is 6.42 Å². The molecule has 0 saturated heterocycles. The van der Waals surface area contributed by atoms with E-state index in [-0.39, 0.29) is 6.04 Å². The molecule has 15 heavy (non-hydrogen) atoms. The molecule has 1 unspecified atom stereocenters. The molecule has 3 N–H and O–H groups in total. The van der Waals surface area contributed by atoms with Gasteiger partial charge >= 0.3 is 0 Å². The number of nitrogens with two attached hydrogens (primary N) is 1. The highest BCUT2D eigenvalue weighted by molar-refractivity contribution is 7.08. The molecule has 0 aliphatic carbocycles. The van der Waals surface area contributed by atoms with E-state index in [4.69, 9.17) is 5.84 Å². The largest absolute Gasteiger partial charge is 0.271 e. The van der Waals surface area contributed by atoms with Gasteiger partial charge in [0.05, 0.1) is 16.6 Å². The number of hydrazine groups is 1. The van der Waals surface area contributed by atoms with E-state index in [2.05, 4.69) is 31.8 Å². The van der Waals surface area contributed by atoms with Crippen LogP contribution in [0.3, 0.4) is 0 Å². The highest BCUT2D eigenvalue weighted by Crippen LogP contribution is 2.23. The Hall–Kier alpha value is -0.820. The zero-order valence-electron chi connectivity index (χ0n) is 8.30. The van der Waals surface area contributed by atoms with E-state index >= 15 is 0 Å². The van der Waals surface area contributed by atoms with Crippen LogP contribution in [0.5, 0.6) is 0 Å². The summed E-state index contributed by atoms with van der Waals surface area (Å²) in [6.07, 6.45) is 0.880. The number of hydrogen-bond acceptors (Lipinski definition) is 6. The molecule has 0 spiro atoms. The number of rotatable bonds is 4. The Balaban J connectivity index is 2.15. The van der Waals surface area contributed by atoms with Gasteiger partial charge < -0.3 is 0 Å².